The zero-order valence-corrected chi connectivity index (χ0v) is 10.7. The first-order chi connectivity index (χ1) is 9.24. The number of nitrogens with one attached hydrogen (secondary N) is 2. The molecule has 1 unspecified atom stereocenters. The lowest BCUT2D eigenvalue weighted by Crippen LogP contribution is -2.37. The van der Waals surface area contributed by atoms with E-state index in [1.807, 2.05) is 30.3 Å². The van der Waals surface area contributed by atoms with Gasteiger partial charge in [0.05, 0.1) is 0 Å². The average molecular weight is 262 g/mol. The van der Waals surface area contributed by atoms with Crippen LogP contribution in [0.15, 0.2) is 30.3 Å². The summed E-state index contributed by atoms with van der Waals surface area (Å²) in [5.41, 5.74) is 0.941. The van der Waals surface area contributed by atoms with Crippen molar-refractivity contribution in [3.8, 4) is 0 Å². The second-order valence-electron chi connectivity index (χ2n) is 4.60. The quantitative estimate of drug-likeness (QED) is 0.869. The summed E-state index contributed by atoms with van der Waals surface area (Å²) in [6.07, 6.45) is 1.51. The Bertz CT molecular complexity index is 434. The maximum Gasteiger partial charge on any atom is 0.407 e. The Kier molecular flexibility index (Phi) is 4.78. The predicted molar refractivity (Wildman–Crippen MR) is 70.4 cm³/mol. The van der Waals surface area contributed by atoms with Crippen LogP contribution in [0, 0.1) is 0 Å². The molecule has 5 nitrogen and oxygen atoms in total. The van der Waals surface area contributed by atoms with E-state index in [-0.39, 0.29) is 18.6 Å². The number of hydrogen-bond acceptors (Lipinski definition) is 3. The van der Waals surface area contributed by atoms with Crippen LogP contribution >= 0.6 is 0 Å². The molecular weight excluding hydrogens is 244 g/mol. The van der Waals surface area contributed by atoms with Gasteiger partial charge >= 0.3 is 6.09 Å². The Hall–Kier alpha value is -2.04. The lowest BCUT2D eigenvalue weighted by Gasteiger charge is -2.15. The maximum atomic E-state index is 11.6. The molecule has 1 heterocycles. The summed E-state index contributed by atoms with van der Waals surface area (Å²) >= 11 is 0. The van der Waals surface area contributed by atoms with Crippen LogP contribution in [0.2, 0.25) is 0 Å². The van der Waals surface area contributed by atoms with Crippen LogP contribution in [0.1, 0.15) is 24.8 Å². The predicted octanol–water partition coefficient (Wildman–Crippen LogP) is 1.58. The zero-order chi connectivity index (χ0) is 13.5. The molecule has 1 aliphatic rings. The van der Waals surface area contributed by atoms with Crippen LogP contribution in [0.5, 0.6) is 0 Å². The van der Waals surface area contributed by atoms with Gasteiger partial charge in [0.1, 0.15) is 6.61 Å². The molecule has 1 atom stereocenters. The van der Waals surface area contributed by atoms with Crippen LogP contribution < -0.4 is 10.6 Å². The van der Waals surface area contributed by atoms with Gasteiger partial charge in [-0.05, 0) is 18.4 Å². The third kappa shape index (κ3) is 4.62. The first-order valence-corrected chi connectivity index (χ1v) is 6.48. The van der Waals surface area contributed by atoms with Crippen LogP contribution in [-0.2, 0) is 16.1 Å². The monoisotopic (exact) mass is 262 g/mol. The van der Waals surface area contributed by atoms with E-state index in [2.05, 4.69) is 10.6 Å². The van der Waals surface area contributed by atoms with Crippen LogP contribution in [0.3, 0.4) is 0 Å². The SMILES string of the molecule is O=C1CC(NC(=O)OCc2ccccc2)CCCN1. The standard InChI is InChI=1S/C14H18N2O3/c17-13-9-12(7-4-8-15-13)16-14(18)19-10-11-5-2-1-3-6-11/h1-3,5-6,12H,4,7-10H2,(H,15,17)(H,16,18). The van der Waals surface area contributed by atoms with E-state index in [9.17, 15) is 9.59 Å². The van der Waals surface area contributed by atoms with Gasteiger partial charge in [-0.1, -0.05) is 30.3 Å². The van der Waals surface area contributed by atoms with Crippen molar-refractivity contribution in [3.05, 3.63) is 35.9 Å². The second-order valence-corrected chi connectivity index (χ2v) is 4.60. The number of rotatable bonds is 3. The van der Waals surface area contributed by atoms with Gasteiger partial charge in [-0.2, -0.15) is 0 Å². The molecular formula is C14H18N2O3. The van der Waals surface area contributed by atoms with Gasteiger partial charge in [0.15, 0.2) is 0 Å². The fourth-order valence-corrected chi connectivity index (χ4v) is 2.03. The molecule has 0 spiro atoms. The summed E-state index contributed by atoms with van der Waals surface area (Å²) in [7, 11) is 0. The fourth-order valence-electron chi connectivity index (χ4n) is 2.03. The molecule has 5 heteroatoms. The number of amides is 2. The van der Waals surface area contributed by atoms with Crippen LogP contribution in [-0.4, -0.2) is 24.6 Å². The first kappa shape index (κ1) is 13.4. The van der Waals surface area contributed by atoms with Crippen molar-refractivity contribution in [3.63, 3.8) is 0 Å². The number of hydrogen-bond donors (Lipinski definition) is 2. The van der Waals surface area contributed by atoms with Gasteiger partial charge in [-0.3, -0.25) is 4.79 Å². The highest BCUT2D eigenvalue weighted by Crippen LogP contribution is 2.07. The molecule has 2 amide bonds. The van der Waals surface area contributed by atoms with Gasteiger partial charge in [-0.25, -0.2) is 4.79 Å². The lowest BCUT2D eigenvalue weighted by atomic mass is 10.1. The molecule has 102 valence electrons. The molecule has 1 aromatic carbocycles. The Morgan fingerprint density at radius 2 is 2.16 bits per heavy atom. The molecule has 1 fully saturated rings. The number of benzene rings is 1. The van der Waals surface area contributed by atoms with Crippen molar-refractivity contribution in [2.24, 2.45) is 0 Å². The third-order valence-corrected chi connectivity index (χ3v) is 3.02. The van der Waals surface area contributed by atoms with Gasteiger partial charge < -0.3 is 15.4 Å². The summed E-state index contributed by atoms with van der Waals surface area (Å²) in [5.74, 6) is -0.0224. The fraction of sp³-hybridized carbons (Fsp3) is 0.429. The summed E-state index contributed by atoms with van der Waals surface area (Å²) < 4.78 is 5.13. The van der Waals surface area contributed by atoms with Gasteiger partial charge in [0.2, 0.25) is 5.91 Å². The summed E-state index contributed by atoms with van der Waals surface area (Å²) in [6.45, 7) is 0.918. The minimum absolute atomic E-state index is 0.0224. The van der Waals surface area contributed by atoms with Crippen molar-refractivity contribution in [1.82, 2.24) is 10.6 Å². The van der Waals surface area contributed by atoms with E-state index in [1.54, 1.807) is 0 Å². The highest BCUT2D eigenvalue weighted by Gasteiger charge is 2.19. The topological polar surface area (TPSA) is 67.4 Å². The molecule has 0 bridgehead atoms. The van der Waals surface area contributed by atoms with Crippen LogP contribution in [0.25, 0.3) is 0 Å². The Morgan fingerprint density at radius 3 is 2.95 bits per heavy atom. The molecule has 0 aliphatic carbocycles. The Balaban J connectivity index is 1.76. The maximum absolute atomic E-state index is 11.6. The van der Waals surface area contributed by atoms with Gasteiger partial charge in [0, 0.05) is 19.0 Å². The molecule has 0 aromatic heterocycles. The largest absolute Gasteiger partial charge is 0.445 e. The van der Waals surface area contributed by atoms with Gasteiger partial charge in [-0.15, -0.1) is 0 Å². The second kappa shape index (κ2) is 6.78. The van der Waals surface area contributed by atoms with Crippen LogP contribution in [0.4, 0.5) is 4.79 Å². The Labute approximate surface area is 112 Å². The van der Waals surface area contributed by atoms with E-state index < -0.39 is 6.09 Å². The minimum atomic E-state index is -0.469. The summed E-state index contributed by atoms with van der Waals surface area (Å²) in [6, 6.07) is 9.36. The third-order valence-electron chi connectivity index (χ3n) is 3.02. The van der Waals surface area contributed by atoms with E-state index in [0.717, 1.165) is 18.4 Å². The minimum Gasteiger partial charge on any atom is -0.445 e. The Morgan fingerprint density at radius 1 is 1.37 bits per heavy atom. The van der Waals surface area contributed by atoms with E-state index in [1.165, 1.54) is 0 Å². The van der Waals surface area contributed by atoms with Gasteiger partial charge in [0.25, 0.3) is 0 Å². The summed E-state index contributed by atoms with van der Waals surface area (Å²) in [5, 5.41) is 5.51. The summed E-state index contributed by atoms with van der Waals surface area (Å²) in [4.78, 5) is 23.0. The van der Waals surface area contributed by atoms with Crippen molar-refractivity contribution in [2.45, 2.75) is 31.9 Å². The molecule has 1 saturated heterocycles. The number of ether oxygens (including phenoxy) is 1. The van der Waals surface area contributed by atoms with Crippen molar-refractivity contribution >= 4 is 12.0 Å². The van der Waals surface area contributed by atoms with Crippen molar-refractivity contribution in [2.75, 3.05) is 6.54 Å². The molecule has 0 radical (unpaired) electrons. The molecule has 1 aliphatic heterocycles. The van der Waals surface area contributed by atoms with E-state index >= 15 is 0 Å². The number of alkyl carbamates (subject to hydrolysis) is 1. The first-order valence-electron chi connectivity index (χ1n) is 6.48. The molecule has 2 N–H and O–H groups in total. The smallest absolute Gasteiger partial charge is 0.407 e. The highest BCUT2D eigenvalue weighted by atomic mass is 16.5. The van der Waals surface area contributed by atoms with Crippen molar-refractivity contribution < 1.29 is 14.3 Å². The molecule has 0 saturated carbocycles. The molecule has 2 rings (SSSR count). The zero-order valence-electron chi connectivity index (χ0n) is 10.7. The number of carbonyl (C=O) groups excluding carboxylic acids is 2. The van der Waals surface area contributed by atoms with Crippen molar-refractivity contribution in [1.29, 1.82) is 0 Å². The number of carbonyl (C=O) groups is 2. The van der Waals surface area contributed by atoms with E-state index in [0.29, 0.717) is 13.0 Å². The lowest BCUT2D eigenvalue weighted by molar-refractivity contribution is -0.121. The average Bonchev–Trinajstić information content (AvgIpc) is 2.62. The molecule has 19 heavy (non-hydrogen) atoms. The molecule has 1 aromatic rings. The highest BCUT2D eigenvalue weighted by molar-refractivity contribution is 5.77. The van der Waals surface area contributed by atoms with E-state index in [4.69, 9.17) is 4.74 Å². The normalized spacial score (nSPS) is 19.2.